The number of hydrogen-bond acceptors (Lipinski definition) is 7. The summed E-state index contributed by atoms with van der Waals surface area (Å²) in [7, 11) is 0. The number of piperidine rings is 2. The lowest BCUT2D eigenvalue weighted by atomic mass is 9.61. The Morgan fingerprint density at radius 3 is 2.18 bits per heavy atom. The Kier molecular flexibility index (Phi) is 10.1. The minimum Gasteiger partial charge on any atom is -0.508 e. The van der Waals surface area contributed by atoms with E-state index in [1.165, 1.54) is 67.3 Å². The van der Waals surface area contributed by atoms with Gasteiger partial charge in [-0.2, -0.15) is 0 Å². The molecule has 3 aromatic rings. The molecule has 2 aliphatic carbocycles. The van der Waals surface area contributed by atoms with E-state index in [2.05, 4.69) is 76.3 Å². The van der Waals surface area contributed by atoms with Crippen LogP contribution in [0.3, 0.4) is 0 Å². The predicted octanol–water partition coefficient (Wildman–Crippen LogP) is 7.10. The minimum absolute atomic E-state index is 0.116. The molecule has 0 radical (unpaired) electrons. The fourth-order valence-corrected chi connectivity index (χ4v) is 11.2. The maximum absolute atomic E-state index is 13.2. The predicted molar refractivity (Wildman–Crippen MR) is 220 cm³/mol. The lowest BCUT2D eigenvalue weighted by Gasteiger charge is -2.44. The standard InChI is InChI=1S/C47H59N5O4/c1-47(2)19-15-32(16-20-47)39-10-5-34-28-38(53)9-12-40(34)44(39)33-3-6-36(7-4-33)50-21-17-31(18-22-50)29-49-23-25-51(26-24-49)37-8-11-41-35(27-37)30-52(46(41)56)42-13-14-43(54)48-45(42)55/h3-4,6-9,11-12,27-28,31-32,39,42,44,53H,5,10,13-26,29-30H2,1-2H3,(H,48,54,55)/t39-,42+,44+/m1/s1. The van der Waals surface area contributed by atoms with Crippen molar-refractivity contribution in [2.45, 2.75) is 96.6 Å². The molecule has 3 amide bonds. The summed E-state index contributed by atoms with van der Waals surface area (Å²) in [5.41, 5.74) is 8.79. The molecule has 6 aliphatic rings. The average Bonchev–Trinajstić information content (AvgIpc) is 3.53. The molecule has 9 nitrogen and oxygen atoms in total. The molecule has 0 aromatic heterocycles. The first kappa shape index (κ1) is 37.2. The summed E-state index contributed by atoms with van der Waals surface area (Å²) in [4.78, 5) is 46.6. The fourth-order valence-electron chi connectivity index (χ4n) is 11.2. The molecule has 0 spiro atoms. The van der Waals surface area contributed by atoms with Crippen LogP contribution in [0, 0.1) is 23.2 Å². The summed E-state index contributed by atoms with van der Waals surface area (Å²) in [6.45, 7) is 12.6. The van der Waals surface area contributed by atoms with Crippen molar-refractivity contribution in [2.75, 3.05) is 55.6 Å². The van der Waals surface area contributed by atoms with E-state index in [-0.39, 0.29) is 24.1 Å². The van der Waals surface area contributed by atoms with Gasteiger partial charge in [0.25, 0.3) is 5.91 Å². The van der Waals surface area contributed by atoms with Crippen molar-refractivity contribution in [3.05, 3.63) is 88.5 Å². The summed E-state index contributed by atoms with van der Waals surface area (Å²) >= 11 is 0. The third-order valence-electron chi connectivity index (χ3n) is 14.6. The number of aryl methyl sites for hydroxylation is 1. The highest BCUT2D eigenvalue weighted by molar-refractivity contribution is 6.05. The van der Waals surface area contributed by atoms with Crippen LogP contribution < -0.4 is 15.1 Å². The van der Waals surface area contributed by atoms with Gasteiger partial charge in [-0.05, 0) is 146 Å². The van der Waals surface area contributed by atoms with Gasteiger partial charge in [-0.15, -0.1) is 0 Å². The van der Waals surface area contributed by atoms with Crippen LogP contribution in [0.2, 0.25) is 0 Å². The van der Waals surface area contributed by atoms with Crippen molar-refractivity contribution in [2.24, 2.45) is 23.2 Å². The molecular weight excluding hydrogens is 699 g/mol. The molecular formula is C47H59N5O4. The van der Waals surface area contributed by atoms with Crippen molar-refractivity contribution in [1.82, 2.24) is 15.1 Å². The summed E-state index contributed by atoms with van der Waals surface area (Å²) in [5.74, 6) is 2.17. The van der Waals surface area contributed by atoms with Crippen LogP contribution in [-0.4, -0.2) is 84.5 Å². The van der Waals surface area contributed by atoms with E-state index >= 15 is 0 Å². The van der Waals surface area contributed by atoms with E-state index < -0.39 is 6.04 Å². The monoisotopic (exact) mass is 757 g/mol. The van der Waals surface area contributed by atoms with Crippen molar-refractivity contribution >= 4 is 29.1 Å². The number of imide groups is 1. The maximum Gasteiger partial charge on any atom is 0.255 e. The molecule has 56 heavy (non-hydrogen) atoms. The molecule has 9 heteroatoms. The number of nitrogens with one attached hydrogen (secondary N) is 1. The zero-order valence-corrected chi connectivity index (χ0v) is 33.3. The third-order valence-corrected chi connectivity index (χ3v) is 14.6. The summed E-state index contributed by atoms with van der Waals surface area (Å²) in [6, 6.07) is 21.2. The second kappa shape index (κ2) is 15.2. The van der Waals surface area contributed by atoms with Gasteiger partial charge in [-0.3, -0.25) is 24.6 Å². The van der Waals surface area contributed by atoms with E-state index in [4.69, 9.17) is 0 Å². The molecule has 0 unspecified atom stereocenters. The molecule has 4 aliphatic heterocycles. The van der Waals surface area contributed by atoms with Crippen LogP contribution in [0.25, 0.3) is 0 Å². The molecule has 4 fully saturated rings. The van der Waals surface area contributed by atoms with E-state index in [0.717, 1.165) is 69.4 Å². The number of carbonyl (C=O) groups is 3. The van der Waals surface area contributed by atoms with Gasteiger partial charge < -0.3 is 19.8 Å². The largest absolute Gasteiger partial charge is 0.508 e. The number of amides is 3. The number of hydrogen-bond donors (Lipinski definition) is 2. The first-order valence-electron chi connectivity index (χ1n) is 21.5. The van der Waals surface area contributed by atoms with Gasteiger partial charge in [0.2, 0.25) is 11.8 Å². The summed E-state index contributed by atoms with van der Waals surface area (Å²) in [5, 5.41) is 12.7. The number of fused-ring (bicyclic) bond motifs is 2. The van der Waals surface area contributed by atoms with Gasteiger partial charge in [0, 0.05) is 81.6 Å². The van der Waals surface area contributed by atoms with Crippen LogP contribution in [0.5, 0.6) is 5.75 Å². The molecule has 3 aromatic carbocycles. The zero-order valence-electron chi connectivity index (χ0n) is 33.3. The van der Waals surface area contributed by atoms with Crippen molar-refractivity contribution < 1.29 is 19.5 Å². The number of nitrogens with zero attached hydrogens (tertiary/aromatic N) is 4. The van der Waals surface area contributed by atoms with Crippen molar-refractivity contribution in [3.63, 3.8) is 0 Å². The van der Waals surface area contributed by atoms with Crippen molar-refractivity contribution in [3.8, 4) is 5.75 Å². The highest BCUT2D eigenvalue weighted by Gasteiger charge is 2.41. The lowest BCUT2D eigenvalue weighted by Crippen LogP contribution is -2.52. The first-order valence-corrected chi connectivity index (χ1v) is 21.5. The molecule has 3 atom stereocenters. The topological polar surface area (TPSA) is 96.4 Å². The molecule has 1 saturated carbocycles. The minimum atomic E-state index is -0.582. The van der Waals surface area contributed by atoms with Crippen LogP contribution in [0.1, 0.15) is 110 Å². The van der Waals surface area contributed by atoms with Gasteiger partial charge in [-0.1, -0.05) is 32.0 Å². The third kappa shape index (κ3) is 7.44. The molecule has 9 rings (SSSR count). The van der Waals surface area contributed by atoms with Gasteiger partial charge in [0.1, 0.15) is 11.8 Å². The number of aromatic hydroxyl groups is 1. The second-order valence-electron chi connectivity index (χ2n) is 18.6. The Labute approximate surface area is 332 Å². The molecule has 2 N–H and O–H groups in total. The van der Waals surface area contributed by atoms with Crippen LogP contribution in [0.4, 0.5) is 11.4 Å². The lowest BCUT2D eigenvalue weighted by molar-refractivity contribution is -0.136. The van der Waals surface area contributed by atoms with Gasteiger partial charge in [-0.25, -0.2) is 0 Å². The zero-order chi connectivity index (χ0) is 38.6. The Bertz CT molecular complexity index is 1950. The van der Waals surface area contributed by atoms with Gasteiger partial charge in [0.05, 0.1) is 0 Å². The SMILES string of the molecule is CC1(C)CCC([C@H]2CCc3cc(O)ccc3[C@H]2c2ccc(N3CCC(CN4CCN(c5ccc6c(c5)CN([C@H]5CCC(=O)NC5=O)C6=O)CC4)CC3)cc2)CC1. The van der Waals surface area contributed by atoms with E-state index in [1.54, 1.807) is 4.90 Å². The number of carbonyl (C=O) groups excluding carboxylic acids is 3. The van der Waals surface area contributed by atoms with Crippen LogP contribution in [-0.2, 0) is 22.6 Å². The normalized spacial score (nSPS) is 26.3. The molecule has 4 heterocycles. The average molecular weight is 758 g/mol. The number of phenolic OH excluding ortho intramolecular Hbond substituents is 1. The highest BCUT2D eigenvalue weighted by Crippen LogP contribution is 2.51. The first-order chi connectivity index (χ1) is 27.1. The molecule has 296 valence electrons. The maximum atomic E-state index is 13.2. The number of rotatable bonds is 7. The Balaban J connectivity index is 0.776. The number of piperazine rings is 1. The van der Waals surface area contributed by atoms with Crippen LogP contribution in [0.15, 0.2) is 60.7 Å². The summed E-state index contributed by atoms with van der Waals surface area (Å²) < 4.78 is 0. The second-order valence-corrected chi connectivity index (χ2v) is 18.6. The number of anilines is 2. The van der Waals surface area contributed by atoms with Crippen LogP contribution >= 0.6 is 0 Å². The Hall–Kier alpha value is -4.37. The summed E-state index contributed by atoms with van der Waals surface area (Å²) in [6.07, 6.45) is 10.7. The number of benzene rings is 3. The van der Waals surface area contributed by atoms with Gasteiger partial charge >= 0.3 is 0 Å². The quantitative estimate of drug-likeness (QED) is 0.249. The Morgan fingerprint density at radius 2 is 1.45 bits per heavy atom. The smallest absolute Gasteiger partial charge is 0.255 e. The number of phenols is 1. The van der Waals surface area contributed by atoms with Crippen molar-refractivity contribution in [1.29, 1.82) is 0 Å². The molecule has 3 saturated heterocycles. The van der Waals surface area contributed by atoms with E-state index in [0.29, 0.717) is 47.4 Å². The van der Waals surface area contributed by atoms with E-state index in [9.17, 15) is 19.5 Å². The highest BCUT2D eigenvalue weighted by atomic mass is 16.3. The Morgan fingerprint density at radius 1 is 0.732 bits per heavy atom. The van der Waals surface area contributed by atoms with E-state index in [1.807, 2.05) is 18.2 Å². The molecule has 0 bridgehead atoms. The fraction of sp³-hybridized carbons (Fsp3) is 0.553. The van der Waals surface area contributed by atoms with Gasteiger partial charge in [0.15, 0.2) is 0 Å².